The van der Waals surface area contributed by atoms with E-state index in [0.29, 0.717) is 0 Å². The molecule has 48 valence electrons. The molecule has 0 rings (SSSR count). The summed E-state index contributed by atoms with van der Waals surface area (Å²) in [7, 11) is -0.750. The molecule has 0 atom stereocenters. The second kappa shape index (κ2) is 36.4. The van der Waals surface area contributed by atoms with Gasteiger partial charge in [-0.05, 0) is 5.75 Å². The molecular weight excluding hydrogens is 154 g/mol. The molecule has 0 aliphatic rings. The Labute approximate surface area is 98.3 Å². The van der Waals surface area contributed by atoms with Gasteiger partial charge in [-0.25, -0.2) is 0 Å². The van der Waals surface area contributed by atoms with E-state index in [0.717, 1.165) is 5.75 Å². The van der Waals surface area contributed by atoms with Crippen LogP contribution in [0.15, 0.2) is 0 Å². The normalized spacial score (nSPS) is 4.00. The van der Waals surface area contributed by atoms with Crippen molar-refractivity contribution in [2.24, 2.45) is 0 Å². The minimum atomic E-state index is -0.750. The molecule has 6 heteroatoms. The molecule has 0 aliphatic heterocycles. The Morgan fingerprint density at radius 2 is 1.50 bits per heavy atom. The summed E-state index contributed by atoms with van der Waals surface area (Å²) in [4.78, 5) is 0. The van der Waals surface area contributed by atoms with Gasteiger partial charge in [0.2, 0.25) is 0 Å². The first-order chi connectivity index (χ1) is 2.83. The number of hydrogen-bond donors (Lipinski definition) is 3. The Morgan fingerprint density at radius 1 is 1.50 bits per heavy atom. The maximum absolute atomic E-state index is 7.12. The molecule has 0 aliphatic carbocycles. The van der Waals surface area contributed by atoms with Crippen molar-refractivity contribution in [2.45, 2.75) is 6.92 Å². The van der Waals surface area contributed by atoms with E-state index in [4.69, 9.17) is 10.0 Å². The van der Waals surface area contributed by atoms with E-state index in [1.165, 1.54) is 0 Å². The molecule has 0 bridgehead atoms. The van der Waals surface area contributed by atoms with E-state index in [1.807, 2.05) is 6.92 Å². The fraction of sp³-hybridized carbons (Fsp3) is 1.00. The first kappa shape index (κ1) is 22.5. The quantitative estimate of drug-likeness (QED) is 0.280. The summed E-state index contributed by atoms with van der Waals surface area (Å²) < 4.78 is 0. The summed E-state index contributed by atoms with van der Waals surface area (Å²) in [6, 6.07) is 0. The van der Waals surface area contributed by atoms with Gasteiger partial charge in [0.15, 0.2) is 0 Å². The monoisotopic (exact) mass is 166 g/mol. The van der Waals surface area contributed by atoms with Crippen molar-refractivity contribution in [2.75, 3.05) is 5.75 Å². The fourth-order valence-corrected chi connectivity index (χ4v) is 0. The Morgan fingerprint density at radius 3 is 1.50 bits per heavy atom. The van der Waals surface area contributed by atoms with E-state index in [2.05, 4.69) is 12.6 Å². The van der Waals surface area contributed by atoms with Gasteiger partial charge in [-0.15, -0.1) is 0 Å². The number of thiol groups is 1. The maximum atomic E-state index is 7.12. The molecule has 0 aromatic heterocycles. The van der Waals surface area contributed by atoms with Gasteiger partial charge in [-0.3, -0.25) is 0 Å². The van der Waals surface area contributed by atoms with Crippen LogP contribution in [0.4, 0.5) is 0 Å². The van der Waals surface area contributed by atoms with Gasteiger partial charge >= 0.3 is 59.1 Å². The van der Waals surface area contributed by atoms with Crippen LogP contribution in [-0.2, 0) is 0 Å². The van der Waals surface area contributed by atoms with Gasteiger partial charge in [0, 0.05) is 0 Å². The van der Waals surface area contributed by atoms with E-state index >= 15 is 0 Å². The van der Waals surface area contributed by atoms with Crippen molar-refractivity contribution in [1.29, 1.82) is 0 Å². The van der Waals surface area contributed by atoms with Gasteiger partial charge in [0.25, 0.3) is 0 Å². The first-order valence-corrected chi connectivity index (χ1v) is 2.29. The van der Waals surface area contributed by atoms with E-state index in [1.54, 1.807) is 0 Å². The number of hydrogen-bond acceptors (Lipinski definition) is 3. The van der Waals surface area contributed by atoms with Crippen LogP contribution >= 0.6 is 12.6 Å². The van der Waals surface area contributed by atoms with Crippen LogP contribution in [0, 0.1) is 0 Å². The van der Waals surface area contributed by atoms with Gasteiger partial charge in [-0.2, -0.15) is 12.6 Å². The van der Waals surface area contributed by atoms with Gasteiger partial charge in [0.05, 0.1) is 0 Å². The van der Waals surface area contributed by atoms with Crippen molar-refractivity contribution in [1.82, 2.24) is 0 Å². The standard InChI is InChI=1S/C2H6S.BH3O2.K.H2O.H/c1-2-3;2-1-3;;;/h3H,2H2,1H3;1-3H;;1H2;. The summed E-state index contributed by atoms with van der Waals surface area (Å²) in [5.41, 5.74) is 0. The van der Waals surface area contributed by atoms with E-state index in [-0.39, 0.29) is 56.9 Å². The molecule has 0 aromatic carbocycles. The Bertz CT molecular complexity index is 19.2. The van der Waals surface area contributed by atoms with Crippen LogP contribution in [0.25, 0.3) is 0 Å². The zero-order valence-corrected chi connectivity index (χ0v) is 5.15. The van der Waals surface area contributed by atoms with Crippen LogP contribution in [0.5, 0.6) is 0 Å². The van der Waals surface area contributed by atoms with Gasteiger partial charge in [0.1, 0.15) is 0 Å². The topological polar surface area (TPSA) is 72.0 Å². The molecule has 0 fully saturated rings. The predicted octanol–water partition coefficient (Wildman–Crippen LogP) is -2.30. The molecule has 3 nitrogen and oxygen atoms in total. The third-order valence-electron chi connectivity index (χ3n) is 0. The van der Waals surface area contributed by atoms with Crippen molar-refractivity contribution in [3.8, 4) is 0 Å². The molecular formula is C2H12BKO3S. The third kappa shape index (κ3) is 102. The van der Waals surface area contributed by atoms with Crippen molar-refractivity contribution in [3.63, 3.8) is 0 Å². The molecule has 0 spiro atoms. The average molecular weight is 166 g/mol. The van der Waals surface area contributed by atoms with Gasteiger partial charge < -0.3 is 15.5 Å². The predicted molar refractivity (Wildman–Crippen MR) is 41.9 cm³/mol. The summed E-state index contributed by atoms with van der Waals surface area (Å²) in [6.45, 7) is 1.99. The SMILES string of the molecule is CCS.O.OBO.[KH]. The first-order valence-electron chi connectivity index (χ1n) is 1.66. The molecule has 4 N–H and O–H groups in total. The summed E-state index contributed by atoms with van der Waals surface area (Å²) in [5.74, 6) is 0.944. The zero-order chi connectivity index (χ0) is 5.41. The molecule has 0 radical (unpaired) electrons. The summed E-state index contributed by atoms with van der Waals surface area (Å²) >= 11 is 3.79. The molecule has 0 unspecified atom stereocenters. The summed E-state index contributed by atoms with van der Waals surface area (Å²) in [5, 5.41) is 14.2. The van der Waals surface area contributed by atoms with Crippen molar-refractivity contribution in [3.05, 3.63) is 0 Å². The van der Waals surface area contributed by atoms with Crippen LogP contribution in [-0.4, -0.2) is 80.3 Å². The van der Waals surface area contributed by atoms with Crippen molar-refractivity contribution >= 4 is 71.7 Å². The van der Waals surface area contributed by atoms with Crippen LogP contribution < -0.4 is 0 Å². The van der Waals surface area contributed by atoms with Crippen LogP contribution in [0.2, 0.25) is 0 Å². The molecule has 0 saturated heterocycles. The summed E-state index contributed by atoms with van der Waals surface area (Å²) in [6.07, 6.45) is 0. The number of rotatable bonds is 0. The van der Waals surface area contributed by atoms with E-state index < -0.39 is 7.69 Å². The third-order valence-corrected chi connectivity index (χ3v) is 0. The van der Waals surface area contributed by atoms with Crippen LogP contribution in [0.1, 0.15) is 6.92 Å². The zero-order valence-electron chi connectivity index (χ0n) is 4.26. The second-order valence-corrected chi connectivity index (χ2v) is 1.09. The van der Waals surface area contributed by atoms with E-state index in [9.17, 15) is 0 Å². The Hall–Kier alpha value is 1.93. The molecule has 0 aromatic rings. The molecule has 0 saturated carbocycles. The average Bonchev–Trinajstić information content (AvgIpc) is 1.39. The Balaban J connectivity index is -0.0000000160. The molecule has 8 heavy (non-hydrogen) atoms. The second-order valence-electron chi connectivity index (χ2n) is 0.458. The van der Waals surface area contributed by atoms with Gasteiger partial charge in [-0.1, -0.05) is 6.92 Å². The molecule has 0 amide bonds. The molecule has 0 heterocycles. The van der Waals surface area contributed by atoms with Crippen molar-refractivity contribution < 1.29 is 15.5 Å². The minimum absolute atomic E-state index is 0. The fourth-order valence-electron chi connectivity index (χ4n) is 0. The Kier molecular flexibility index (Phi) is 102. The van der Waals surface area contributed by atoms with Crippen LogP contribution in [0.3, 0.4) is 0 Å².